The number of benzene rings is 1. The van der Waals surface area contributed by atoms with E-state index in [0.717, 1.165) is 0 Å². The summed E-state index contributed by atoms with van der Waals surface area (Å²) in [5, 5.41) is 3.03. The second kappa shape index (κ2) is 4.61. The number of fused-ring (bicyclic) bond motifs is 1. The van der Waals surface area contributed by atoms with Gasteiger partial charge in [-0.1, -0.05) is 13.0 Å². The Morgan fingerprint density at radius 1 is 1.44 bits per heavy atom. The Hall–Kier alpha value is -1.56. The Kier molecular flexibility index (Phi) is 3.30. The Morgan fingerprint density at radius 2 is 2.17 bits per heavy atom. The summed E-state index contributed by atoms with van der Waals surface area (Å²) in [5.41, 5.74) is 0.612. The molecule has 1 aliphatic heterocycles. The minimum atomic E-state index is -3.36. The zero-order valence-electron chi connectivity index (χ0n) is 10.3. The smallest absolute Gasteiger partial charge is 0.340 e. The predicted molar refractivity (Wildman–Crippen MR) is 67.5 cm³/mol. The van der Waals surface area contributed by atoms with Crippen LogP contribution in [0.3, 0.4) is 0 Å². The van der Waals surface area contributed by atoms with E-state index in [2.05, 4.69) is 10.1 Å². The van der Waals surface area contributed by atoms with Crippen molar-refractivity contribution in [2.45, 2.75) is 11.8 Å². The molecule has 1 aliphatic rings. The zero-order valence-corrected chi connectivity index (χ0v) is 11.1. The third-order valence-corrected chi connectivity index (χ3v) is 4.92. The number of nitrogens with one attached hydrogen (secondary N) is 1. The summed E-state index contributed by atoms with van der Waals surface area (Å²) >= 11 is 0. The van der Waals surface area contributed by atoms with Gasteiger partial charge in [0.15, 0.2) is 9.84 Å². The van der Waals surface area contributed by atoms with Crippen molar-refractivity contribution in [3.8, 4) is 0 Å². The molecule has 1 N–H and O–H groups in total. The van der Waals surface area contributed by atoms with Gasteiger partial charge in [0, 0.05) is 6.54 Å². The largest absolute Gasteiger partial charge is 0.465 e. The molecule has 0 saturated carbocycles. The molecular formula is C12H15NO4S. The molecule has 1 unspecified atom stereocenters. The summed E-state index contributed by atoms with van der Waals surface area (Å²) in [5.74, 6) is -0.463. The van der Waals surface area contributed by atoms with Crippen LogP contribution in [0, 0.1) is 5.92 Å². The Balaban J connectivity index is 2.63. The summed E-state index contributed by atoms with van der Waals surface area (Å²) in [6.45, 7) is 2.37. The number of carbonyl (C=O) groups excluding carboxylic acids is 1. The first-order valence-corrected chi connectivity index (χ1v) is 7.29. The lowest BCUT2D eigenvalue weighted by Gasteiger charge is -2.11. The van der Waals surface area contributed by atoms with Gasteiger partial charge in [0.1, 0.15) is 0 Å². The first-order valence-electron chi connectivity index (χ1n) is 5.63. The highest BCUT2D eigenvalue weighted by molar-refractivity contribution is 7.91. The fourth-order valence-corrected chi connectivity index (χ4v) is 3.88. The van der Waals surface area contributed by atoms with Crippen molar-refractivity contribution < 1.29 is 17.9 Å². The van der Waals surface area contributed by atoms with Crippen LogP contribution in [0.15, 0.2) is 23.1 Å². The van der Waals surface area contributed by atoms with Crippen molar-refractivity contribution >= 4 is 21.5 Å². The molecule has 2 rings (SSSR count). The lowest BCUT2D eigenvalue weighted by molar-refractivity contribution is 0.0601. The van der Waals surface area contributed by atoms with Gasteiger partial charge in [0.05, 0.1) is 29.0 Å². The molecule has 0 spiro atoms. The molecule has 1 aromatic carbocycles. The highest BCUT2D eigenvalue weighted by Gasteiger charge is 2.28. The molecule has 0 aromatic heterocycles. The minimum absolute atomic E-state index is 0.00658. The molecule has 0 aliphatic carbocycles. The molecule has 0 bridgehead atoms. The summed E-state index contributed by atoms with van der Waals surface area (Å²) in [6.07, 6.45) is 0. The van der Waals surface area contributed by atoms with Crippen LogP contribution in [-0.4, -0.2) is 33.8 Å². The number of sulfone groups is 1. The van der Waals surface area contributed by atoms with E-state index in [1.807, 2.05) is 6.92 Å². The van der Waals surface area contributed by atoms with Crippen LogP contribution in [0.25, 0.3) is 0 Å². The van der Waals surface area contributed by atoms with E-state index in [-0.39, 0.29) is 22.1 Å². The fraction of sp³-hybridized carbons (Fsp3) is 0.417. The van der Waals surface area contributed by atoms with Crippen molar-refractivity contribution in [1.82, 2.24) is 0 Å². The molecule has 1 aromatic rings. The molecular weight excluding hydrogens is 254 g/mol. The van der Waals surface area contributed by atoms with Crippen molar-refractivity contribution in [3.63, 3.8) is 0 Å². The van der Waals surface area contributed by atoms with Crippen molar-refractivity contribution in [3.05, 3.63) is 23.8 Å². The summed E-state index contributed by atoms with van der Waals surface area (Å²) < 4.78 is 29.0. The molecule has 1 atom stereocenters. The SMILES string of the molecule is COC(=O)c1cccc2c1NCC(C)CS2(=O)=O. The van der Waals surface area contributed by atoms with Crippen LogP contribution >= 0.6 is 0 Å². The quantitative estimate of drug-likeness (QED) is 0.778. The number of rotatable bonds is 1. The van der Waals surface area contributed by atoms with Crippen molar-refractivity contribution in [2.75, 3.05) is 24.7 Å². The van der Waals surface area contributed by atoms with Gasteiger partial charge >= 0.3 is 5.97 Å². The predicted octanol–water partition coefficient (Wildman–Crippen LogP) is 1.31. The minimum Gasteiger partial charge on any atom is -0.465 e. The zero-order chi connectivity index (χ0) is 13.3. The number of ether oxygens (including phenoxy) is 1. The second-order valence-electron chi connectivity index (χ2n) is 4.44. The number of methoxy groups -OCH3 is 1. The van der Waals surface area contributed by atoms with Gasteiger partial charge in [-0.3, -0.25) is 0 Å². The number of hydrogen-bond acceptors (Lipinski definition) is 5. The van der Waals surface area contributed by atoms with Gasteiger partial charge in [0.25, 0.3) is 0 Å². The van der Waals surface area contributed by atoms with Crippen molar-refractivity contribution in [2.24, 2.45) is 5.92 Å². The van der Waals surface area contributed by atoms with E-state index in [1.54, 1.807) is 12.1 Å². The normalized spacial score (nSPS) is 21.3. The van der Waals surface area contributed by atoms with Crippen LogP contribution in [0.5, 0.6) is 0 Å². The Morgan fingerprint density at radius 3 is 2.83 bits per heavy atom. The molecule has 0 saturated heterocycles. The molecule has 5 nitrogen and oxygen atoms in total. The van der Waals surface area contributed by atoms with Crippen molar-refractivity contribution in [1.29, 1.82) is 0 Å². The van der Waals surface area contributed by atoms with E-state index in [9.17, 15) is 13.2 Å². The maximum Gasteiger partial charge on any atom is 0.340 e. The molecule has 98 valence electrons. The third kappa shape index (κ3) is 2.20. The van der Waals surface area contributed by atoms with E-state index in [1.165, 1.54) is 13.2 Å². The van der Waals surface area contributed by atoms with Gasteiger partial charge in [-0.25, -0.2) is 13.2 Å². The highest BCUT2D eigenvalue weighted by atomic mass is 32.2. The van der Waals surface area contributed by atoms with Gasteiger partial charge in [-0.05, 0) is 18.1 Å². The summed E-state index contributed by atoms with van der Waals surface area (Å²) in [6, 6.07) is 4.63. The average molecular weight is 269 g/mol. The Labute approximate surface area is 106 Å². The maximum absolute atomic E-state index is 12.2. The number of carbonyl (C=O) groups is 1. The second-order valence-corrected chi connectivity index (χ2v) is 6.44. The van der Waals surface area contributed by atoms with Crippen LogP contribution in [0.2, 0.25) is 0 Å². The van der Waals surface area contributed by atoms with Crippen LogP contribution < -0.4 is 5.32 Å². The third-order valence-electron chi connectivity index (χ3n) is 2.90. The molecule has 1 heterocycles. The van der Waals surface area contributed by atoms with Gasteiger partial charge in [-0.15, -0.1) is 0 Å². The summed E-state index contributed by atoms with van der Waals surface area (Å²) in [7, 11) is -2.09. The number of para-hydroxylation sites is 1. The maximum atomic E-state index is 12.2. The van der Waals surface area contributed by atoms with E-state index in [4.69, 9.17) is 0 Å². The van der Waals surface area contributed by atoms with Gasteiger partial charge < -0.3 is 10.1 Å². The Bertz CT molecular complexity index is 580. The van der Waals surface area contributed by atoms with E-state index >= 15 is 0 Å². The number of esters is 1. The molecule has 6 heteroatoms. The average Bonchev–Trinajstić information content (AvgIpc) is 2.45. The first kappa shape index (κ1) is 12.9. The standard InChI is InChI=1S/C12H15NO4S/c1-8-6-13-11-9(12(14)17-2)4-3-5-10(11)18(15,16)7-8/h3-5,8,13H,6-7H2,1-2H3. The molecule has 0 fully saturated rings. The topological polar surface area (TPSA) is 72.5 Å². The number of anilines is 1. The van der Waals surface area contributed by atoms with Gasteiger partial charge in [0.2, 0.25) is 0 Å². The van der Waals surface area contributed by atoms with Crippen LogP contribution in [-0.2, 0) is 14.6 Å². The molecule has 0 radical (unpaired) electrons. The molecule has 0 amide bonds. The highest BCUT2D eigenvalue weighted by Crippen LogP contribution is 2.30. The lowest BCUT2D eigenvalue weighted by atomic mass is 10.1. The van der Waals surface area contributed by atoms with Gasteiger partial charge in [-0.2, -0.15) is 0 Å². The lowest BCUT2D eigenvalue weighted by Crippen LogP contribution is -2.15. The number of hydrogen-bond donors (Lipinski definition) is 1. The fourth-order valence-electron chi connectivity index (χ4n) is 2.05. The monoisotopic (exact) mass is 269 g/mol. The van der Waals surface area contributed by atoms with Crippen LogP contribution in [0.4, 0.5) is 5.69 Å². The van der Waals surface area contributed by atoms with Crippen LogP contribution in [0.1, 0.15) is 17.3 Å². The molecule has 18 heavy (non-hydrogen) atoms. The first-order chi connectivity index (χ1) is 8.45. The van der Waals surface area contributed by atoms with E-state index in [0.29, 0.717) is 12.2 Å². The van der Waals surface area contributed by atoms with E-state index < -0.39 is 15.8 Å². The summed E-state index contributed by atoms with van der Waals surface area (Å²) in [4.78, 5) is 11.8.